The van der Waals surface area contributed by atoms with Crippen LogP contribution in [0.5, 0.6) is 0 Å². The zero-order valence-corrected chi connectivity index (χ0v) is 75.5. The molecule has 137 heavy (non-hydrogen) atoms. The van der Waals surface area contributed by atoms with Gasteiger partial charge in [-0.05, 0) is 317 Å². The Labute approximate surface area is 796 Å². The summed E-state index contributed by atoms with van der Waals surface area (Å²) in [6.45, 7) is 2.37. The van der Waals surface area contributed by atoms with Crippen molar-refractivity contribution < 1.29 is 0 Å². The van der Waals surface area contributed by atoms with E-state index in [0.29, 0.717) is 0 Å². The maximum atomic E-state index is 2.49. The molecule has 0 aliphatic heterocycles. The third kappa shape index (κ3) is 14.2. The molecule has 23 aromatic carbocycles. The first-order valence-corrected chi connectivity index (χ1v) is 47.6. The fourth-order valence-electron chi connectivity index (χ4n) is 22.1. The largest absolute Gasteiger partial charge is 0.311 e. The number of aromatic nitrogens is 2. The molecule has 2 aromatic heterocycles. The first-order chi connectivity index (χ1) is 67.8. The van der Waals surface area contributed by atoms with Gasteiger partial charge in [0.2, 0.25) is 0 Å². The van der Waals surface area contributed by atoms with Crippen LogP contribution in [0.2, 0.25) is 0 Å². The lowest BCUT2D eigenvalue weighted by atomic mass is 9.82. The van der Waals surface area contributed by atoms with Crippen molar-refractivity contribution in [1.82, 2.24) is 9.13 Å². The predicted octanol–water partition coefficient (Wildman–Crippen LogP) is 36.6. The van der Waals surface area contributed by atoms with Crippen LogP contribution in [0.25, 0.3) is 209 Å². The van der Waals surface area contributed by atoms with Gasteiger partial charge in [-0.3, -0.25) is 0 Å². The van der Waals surface area contributed by atoms with Gasteiger partial charge >= 0.3 is 0 Å². The molecule has 1 aliphatic rings. The lowest BCUT2D eigenvalue weighted by Gasteiger charge is -2.32. The van der Waals surface area contributed by atoms with Gasteiger partial charge in [-0.1, -0.05) is 371 Å². The number of hydrogen-bond acceptors (Lipinski definition) is 2. The summed E-state index contributed by atoms with van der Waals surface area (Å²) in [6.07, 6.45) is 7.26. The van der Waals surface area contributed by atoms with Gasteiger partial charge in [0.1, 0.15) is 0 Å². The minimum Gasteiger partial charge on any atom is -0.311 e. The molecule has 0 radical (unpaired) electrons. The van der Waals surface area contributed by atoms with Crippen LogP contribution < -0.4 is 9.80 Å². The highest BCUT2D eigenvalue weighted by atomic mass is 15.2. The summed E-state index contributed by atoms with van der Waals surface area (Å²) in [5.41, 5.74) is 33.3. The highest BCUT2D eigenvalue weighted by Gasteiger charge is 2.28. The van der Waals surface area contributed by atoms with Crippen LogP contribution in [0, 0.1) is 5.92 Å². The Hall–Kier alpha value is -17.7. The van der Waals surface area contributed by atoms with Gasteiger partial charge in [-0.2, -0.15) is 0 Å². The van der Waals surface area contributed by atoms with Crippen molar-refractivity contribution in [3.05, 3.63) is 527 Å². The Morgan fingerprint density at radius 2 is 0.577 bits per heavy atom. The molecule has 642 valence electrons. The first kappa shape index (κ1) is 80.2. The zero-order valence-electron chi connectivity index (χ0n) is 75.5. The summed E-state index contributed by atoms with van der Waals surface area (Å²) in [5, 5.41) is 19.5. The fourth-order valence-corrected chi connectivity index (χ4v) is 22.1. The van der Waals surface area contributed by atoms with E-state index in [2.05, 4.69) is 542 Å². The normalized spacial score (nSPS) is 13.3. The molecule has 0 N–H and O–H groups in total. The molecule has 25 aromatic rings. The van der Waals surface area contributed by atoms with Crippen molar-refractivity contribution in [3.8, 4) is 100 Å². The van der Waals surface area contributed by atoms with Gasteiger partial charge in [-0.25, -0.2) is 0 Å². The second-order valence-corrected chi connectivity index (χ2v) is 36.7. The van der Waals surface area contributed by atoms with E-state index in [9.17, 15) is 0 Å². The standard InChI is InChI=1S/C133H90N4/c1-87-74-113(71-73-115(87)93-56-54-91(55-57-93)88-28-6-2-7-29-88)134(108-67-60-94(61-68-108)123-83-103-38-18-20-46-116(103)120-48-22-23-49-121(120)123)111-44-24-40-101(76-111)118-51-27-53-129-133(118)127-82-97-35-15-17-37-99(97)86-131(127)137(129)110-65-58-92(59-66-110)100-64-72-122-124(84-104-39-19-21-47-117(104)125(122)80-100)95-62-69-109(70-63-95)135(114-78-105(89-30-8-3-9-31-89)75-106(79-114)90-32-10-4-11-33-90)112-45-25-41-102(77-112)119-50-26-52-128-132(119)126-81-96-34-14-16-36-98(96)85-130(126)136(128)107-42-12-5-13-43-107/h2-87,115H,1H3. The number of allylic oxidation sites excluding steroid dienone is 3. The van der Waals surface area contributed by atoms with Crippen molar-refractivity contribution in [1.29, 1.82) is 0 Å². The second kappa shape index (κ2) is 33.5. The Kier molecular flexibility index (Phi) is 19.6. The van der Waals surface area contributed by atoms with E-state index in [4.69, 9.17) is 0 Å². The number of para-hydroxylation sites is 1. The first-order valence-electron chi connectivity index (χ1n) is 47.6. The summed E-state index contributed by atoms with van der Waals surface area (Å²) in [7, 11) is 0. The topological polar surface area (TPSA) is 16.3 Å². The van der Waals surface area contributed by atoms with Crippen LogP contribution in [-0.4, -0.2) is 9.13 Å². The maximum absolute atomic E-state index is 2.49. The average Bonchev–Trinajstić information content (AvgIpc) is 1.58. The van der Waals surface area contributed by atoms with E-state index in [-0.39, 0.29) is 11.8 Å². The van der Waals surface area contributed by atoms with E-state index in [1.807, 2.05) is 0 Å². The summed E-state index contributed by atoms with van der Waals surface area (Å²) in [6, 6.07) is 185. The smallest absolute Gasteiger partial charge is 0.0547 e. The lowest BCUT2D eigenvalue weighted by molar-refractivity contribution is 0.628. The van der Waals surface area contributed by atoms with Crippen molar-refractivity contribution in [3.63, 3.8) is 0 Å². The Balaban J connectivity index is 0.560. The molecule has 0 saturated carbocycles. The van der Waals surface area contributed by atoms with Crippen LogP contribution in [0.4, 0.5) is 28.4 Å². The van der Waals surface area contributed by atoms with Crippen LogP contribution in [0.1, 0.15) is 18.4 Å². The molecular weight excluding hydrogens is 1650 g/mol. The number of benzene rings is 23. The quantitative estimate of drug-likeness (QED) is 0.0845. The summed E-state index contributed by atoms with van der Waals surface area (Å²) in [4.78, 5) is 4.93. The number of anilines is 5. The number of hydrogen-bond donors (Lipinski definition) is 0. The SMILES string of the molecule is CC1C=C(N(c2ccc(-c3cc4ccccc4c4ccccc34)cc2)c2cccc(-c3cccc4c3c3cc5ccccc5cc3n4-c3ccc(-c4ccc5c(-c6ccc(N(c7cc(-c8ccccc8)cc(-c8ccccc8)c7)c7cccc(-c8cccc9c8c8cc%10ccccc%10cc8n9-c8ccccc8)c7)cc6)cc6ccccc6c5c4)cc3)c2)C=CC1c1ccc(-c2ccccc2)cc1. The minimum atomic E-state index is 0.204. The van der Waals surface area contributed by atoms with Crippen LogP contribution in [0.15, 0.2) is 521 Å². The van der Waals surface area contributed by atoms with E-state index in [0.717, 1.165) is 112 Å². The van der Waals surface area contributed by atoms with E-state index in [1.165, 1.54) is 136 Å². The molecule has 4 nitrogen and oxygen atoms in total. The molecule has 0 spiro atoms. The minimum absolute atomic E-state index is 0.204. The number of rotatable bonds is 17. The van der Waals surface area contributed by atoms with Gasteiger partial charge in [0, 0.05) is 73.0 Å². The number of fused-ring (bicyclic) bond motifs is 14. The summed E-state index contributed by atoms with van der Waals surface area (Å²) >= 11 is 0. The zero-order chi connectivity index (χ0) is 90.5. The molecule has 0 amide bonds. The van der Waals surface area contributed by atoms with Gasteiger partial charge in [-0.15, -0.1) is 0 Å². The molecular formula is C133H90N4. The Morgan fingerprint density at radius 3 is 1.10 bits per heavy atom. The second-order valence-electron chi connectivity index (χ2n) is 36.7. The van der Waals surface area contributed by atoms with E-state index >= 15 is 0 Å². The molecule has 26 rings (SSSR count). The molecule has 1 aliphatic carbocycles. The van der Waals surface area contributed by atoms with E-state index < -0.39 is 0 Å². The fraction of sp³-hybridized carbons (Fsp3) is 0.0226. The molecule has 0 bridgehead atoms. The predicted molar refractivity (Wildman–Crippen MR) is 582 cm³/mol. The molecule has 4 heteroatoms. The highest BCUT2D eigenvalue weighted by molar-refractivity contribution is 6.22. The monoisotopic (exact) mass is 1740 g/mol. The van der Waals surface area contributed by atoms with Gasteiger partial charge in [0.25, 0.3) is 0 Å². The molecule has 2 heterocycles. The third-order valence-electron chi connectivity index (χ3n) is 28.6. The Morgan fingerprint density at radius 1 is 0.197 bits per heavy atom. The highest BCUT2D eigenvalue weighted by Crippen LogP contribution is 2.50. The van der Waals surface area contributed by atoms with Crippen molar-refractivity contribution in [2.24, 2.45) is 5.92 Å². The van der Waals surface area contributed by atoms with Crippen molar-refractivity contribution in [2.75, 3.05) is 9.80 Å². The molecule has 0 fully saturated rings. The molecule has 2 atom stereocenters. The molecule has 2 unspecified atom stereocenters. The van der Waals surface area contributed by atoms with Gasteiger partial charge in [0.15, 0.2) is 0 Å². The summed E-state index contributed by atoms with van der Waals surface area (Å²) in [5.74, 6) is 0.410. The van der Waals surface area contributed by atoms with Crippen LogP contribution in [-0.2, 0) is 0 Å². The van der Waals surface area contributed by atoms with Crippen LogP contribution >= 0.6 is 0 Å². The maximum Gasteiger partial charge on any atom is 0.0547 e. The molecule has 0 saturated heterocycles. The third-order valence-corrected chi connectivity index (χ3v) is 28.6. The van der Waals surface area contributed by atoms with Gasteiger partial charge < -0.3 is 18.9 Å². The van der Waals surface area contributed by atoms with Crippen molar-refractivity contribution >= 4 is 137 Å². The Bertz CT molecular complexity index is 9070. The number of nitrogens with zero attached hydrogens (tertiary/aromatic N) is 4. The lowest BCUT2D eigenvalue weighted by Crippen LogP contribution is -2.20. The van der Waals surface area contributed by atoms with Gasteiger partial charge in [0.05, 0.1) is 22.1 Å². The van der Waals surface area contributed by atoms with E-state index in [1.54, 1.807) is 0 Å². The summed E-state index contributed by atoms with van der Waals surface area (Å²) < 4.78 is 4.93. The average molecular weight is 1740 g/mol. The van der Waals surface area contributed by atoms with Crippen LogP contribution in [0.3, 0.4) is 0 Å². The van der Waals surface area contributed by atoms with Crippen molar-refractivity contribution in [2.45, 2.75) is 12.8 Å².